The lowest BCUT2D eigenvalue weighted by molar-refractivity contribution is 0.0348. The molecule has 0 amide bonds. The van der Waals surface area contributed by atoms with Crippen LogP contribution in [0.25, 0.3) is 0 Å². The van der Waals surface area contributed by atoms with Gasteiger partial charge in [-0.25, -0.2) is 0 Å². The lowest BCUT2D eigenvalue weighted by Gasteiger charge is -2.27. The lowest BCUT2D eigenvalue weighted by Crippen LogP contribution is -2.37. The molecule has 0 saturated heterocycles. The van der Waals surface area contributed by atoms with E-state index in [1.165, 1.54) is 0 Å². The molecule has 3 N–H and O–H groups in total. The molecule has 0 aliphatic carbocycles. The first-order valence-electron chi connectivity index (χ1n) is 5.64. The van der Waals surface area contributed by atoms with Crippen LogP contribution in [0.1, 0.15) is 11.6 Å². The van der Waals surface area contributed by atoms with Gasteiger partial charge in [-0.15, -0.1) is 0 Å². The number of aliphatic hydroxyl groups is 1. The molecule has 0 bridgehead atoms. The van der Waals surface area contributed by atoms with Crippen molar-refractivity contribution in [1.29, 1.82) is 0 Å². The molecule has 1 aromatic rings. The first kappa shape index (κ1) is 14.1. The summed E-state index contributed by atoms with van der Waals surface area (Å²) in [5.74, 6) is 0. The zero-order chi connectivity index (χ0) is 12.8. The smallest absolute Gasteiger partial charge is 0.0900 e. The summed E-state index contributed by atoms with van der Waals surface area (Å²) in [6.45, 7) is 1.33. The minimum Gasteiger partial charge on any atom is -0.389 e. The highest BCUT2D eigenvalue weighted by Crippen LogP contribution is 2.17. The van der Waals surface area contributed by atoms with Gasteiger partial charge in [0.1, 0.15) is 0 Å². The van der Waals surface area contributed by atoms with Crippen molar-refractivity contribution in [2.75, 3.05) is 33.9 Å². The van der Waals surface area contributed by atoms with Crippen LogP contribution in [0, 0.1) is 0 Å². The molecule has 0 fully saturated rings. The largest absolute Gasteiger partial charge is 0.389 e. The van der Waals surface area contributed by atoms with Crippen LogP contribution in [0.4, 0.5) is 0 Å². The lowest BCUT2D eigenvalue weighted by atomic mass is 10.1. The minimum atomic E-state index is -0.504. The van der Waals surface area contributed by atoms with Crippen LogP contribution >= 0.6 is 0 Å². The fourth-order valence-electron chi connectivity index (χ4n) is 1.89. The number of nitrogens with zero attached hydrogens (tertiary/aromatic N) is 3. The van der Waals surface area contributed by atoms with Gasteiger partial charge in [0.25, 0.3) is 0 Å². The Balaban J connectivity index is 2.61. The summed E-state index contributed by atoms with van der Waals surface area (Å²) in [5, 5.41) is 13.8. The molecule has 6 heteroatoms. The van der Waals surface area contributed by atoms with Gasteiger partial charge in [0.2, 0.25) is 0 Å². The Kier molecular flexibility index (Phi) is 5.57. The zero-order valence-corrected chi connectivity index (χ0v) is 10.7. The van der Waals surface area contributed by atoms with Crippen molar-refractivity contribution in [3.8, 4) is 0 Å². The van der Waals surface area contributed by atoms with E-state index in [4.69, 9.17) is 10.5 Å². The second-order valence-corrected chi connectivity index (χ2v) is 4.25. The Morgan fingerprint density at radius 1 is 1.65 bits per heavy atom. The molecule has 0 spiro atoms. The van der Waals surface area contributed by atoms with Crippen LogP contribution in [-0.2, 0) is 11.8 Å². The van der Waals surface area contributed by atoms with E-state index in [0.29, 0.717) is 19.7 Å². The first-order chi connectivity index (χ1) is 8.08. The number of aromatic nitrogens is 2. The maximum absolute atomic E-state index is 9.69. The molecule has 0 aromatic carbocycles. The molecule has 1 aromatic heterocycles. The van der Waals surface area contributed by atoms with Gasteiger partial charge in [-0.2, -0.15) is 5.10 Å². The quantitative estimate of drug-likeness (QED) is 0.665. The number of likely N-dealkylation sites (N-methyl/N-ethyl adjacent to an activating group) is 1. The highest BCUT2D eigenvalue weighted by atomic mass is 16.5. The number of rotatable bonds is 7. The van der Waals surface area contributed by atoms with Crippen LogP contribution in [-0.4, -0.2) is 59.7 Å². The Labute approximate surface area is 102 Å². The second kappa shape index (κ2) is 6.70. The Bertz CT molecular complexity index is 329. The molecule has 0 aliphatic heterocycles. The molecular weight excluding hydrogens is 220 g/mol. The van der Waals surface area contributed by atoms with Crippen molar-refractivity contribution < 1.29 is 9.84 Å². The van der Waals surface area contributed by atoms with Crippen LogP contribution in [0.5, 0.6) is 0 Å². The van der Waals surface area contributed by atoms with Gasteiger partial charge in [0.05, 0.1) is 18.9 Å². The summed E-state index contributed by atoms with van der Waals surface area (Å²) in [6, 6.07) is 0.0650. The van der Waals surface area contributed by atoms with Crippen LogP contribution in [0.3, 0.4) is 0 Å². The molecule has 6 nitrogen and oxygen atoms in total. The molecule has 1 heterocycles. The summed E-state index contributed by atoms with van der Waals surface area (Å²) in [7, 11) is 5.38. The molecule has 0 saturated carbocycles. The van der Waals surface area contributed by atoms with Gasteiger partial charge in [-0.3, -0.25) is 9.58 Å². The zero-order valence-electron chi connectivity index (χ0n) is 10.7. The standard InChI is InChI=1S/C11H22N4O2/c1-14(7-10(16)8-17-3)11(4-12)9-5-13-15(2)6-9/h5-6,10-11,16H,4,7-8,12H2,1-3H3. The van der Waals surface area contributed by atoms with Crippen molar-refractivity contribution in [3.05, 3.63) is 18.0 Å². The van der Waals surface area contributed by atoms with Gasteiger partial charge < -0.3 is 15.6 Å². The molecule has 2 unspecified atom stereocenters. The van der Waals surface area contributed by atoms with Gasteiger partial charge in [-0.1, -0.05) is 0 Å². The predicted octanol–water partition coefficient (Wildman–Crippen LogP) is -0.641. The SMILES string of the molecule is COCC(O)CN(C)C(CN)c1cnn(C)c1. The number of aliphatic hydroxyl groups excluding tert-OH is 1. The number of ether oxygens (including phenoxy) is 1. The van der Waals surface area contributed by atoms with Gasteiger partial charge >= 0.3 is 0 Å². The van der Waals surface area contributed by atoms with Gasteiger partial charge in [0.15, 0.2) is 0 Å². The summed E-state index contributed by atoms with van der Waals surface area (Å²) in [5.41, 5.74) is 6.83. The monoisotopic (exact) mass is 242 g/mol. The van der Waals surface area contributed by atoms with Crippen molar-refractivity contribution in [2.45, 2.75) is 12.1 Å². The van der Waals surface area contributed by atoms with Crippen LogP contribution in [0.15, 0.2) is 12.4 Å². The molecule has 17 heavy (non-hydrogen) atoms. The van der Waals surface area contributed by atoms with Crippen LogP contribution < -0.4 is 5.73 Å². The normalized spacial score (nSPS) is 15.2. The van der Waals surface area contributed by atoms with Crippen molar-refractivity contribution in [2.24, 2.45) is 12.8 Å². The summed E-state index contributed by atoms with van der Waals surface area (Å²) in [4.78, 5) is 2.01. The predicted molar refractivity (Wildman–Crippen MR) is 65.5 cm³/mol. The van der Waals surface area contributed by atoms with E-state index >= 15 is 0 Å². The summed E-state index contributed by atoms with van der Waals surface area (Å²) in [6.07, 6.45) is 3.24. The maximum atomic E-state index is 9.69. The van der Waals surface area contributed by atoms with Gasteiger partial charge in [0, 0.05) is 45.0 Å². The molecule has 0 radical (unpaired) electrons. The highest BCUT2D eigenvalue weighted by Gasteiger charge is 2.19. The van der Waals surface area contributed by atoms with Gasteiger partial charge in [-0.05, 0) is 7.05 Å². The van der Waals surface area contributed by atoms with Crippen molar-refractivity contribution in [1.82, 2.24) is 14.7 Å². The second-order valence-electron chi connectivity index (χ2n) is 4.25. The third-order valence-electron chi connectivity index (χ3n) is 2.72. The Morgan fingerprint density at radius 3 is 2.82 bits per heavy atom. The first-order valence-corrected chi connectivity index (χ1v) is 5.64. The fraction of sp³-hybridized carbons (Fsp3) is 0.727. The minimum absolute atomic E-state index is 0.0650. The van der Waals surface area contributed by atoms with Crippen LogP contribution in [0.2, 0.25) is 0 Å². The highest BCUT2D eigenvalue weighted by molar-refractivity contribution is 5.11. The summed E-state index contributed by atoms with van der Waals surface area (Å²) >= 11 is 0. The van der Waals surface area contributed by atoms with E-state index in [2.05, 4.69) is 5.10 Å². The molecular formula is C11H22N4O2. The number of hydrogen-bond acceptors (Lipinski definition) is 5. The molecule has 2 atom stereocenters. The van der Waals surface area contributed by atoms with E-state index in [1.54, 1.807) is 18.0 Å². The average Bonchev–Trinajstić information content (AvgIpc) is 2.66. The van der Waals surface area contributed by atoms with E-state index in [9.17, 15) is 5.11 Å². The van der Waals surface area contributed by atoms with E-state index in [0.717, 1.165) is 5.56 Å². The number of nitrogens with two attached hydrogens (primary N) is 1. The molecule has 0 aliphatic rings. The Morgan fingerprint density at radius 2 is 2.35 bits per heavy atom. The average molecular weight is 242 g/mol. The number of hydrogen-bond donors (Lipinski definition) is 2. The Hall–Kier alpha value is -0.950. The molecule has 1 rings (SSSR count). The number of aryl methyl sites for hydroxylation is 1. The molecule has 98 valence electrons. The van der Waals surface area contributed by atoms with E-state index < -0.39 is 6.10 Å². The maximum Gasteiger partial charge on any atom is 0.0900 e. The summed E-state index contributed by atoms with van der Waals surface area (Å²) < 4.78 is 6.65. The van der Waals surface area contributed by atoms with Crippen molar-refractivity contribution >= 4 is 0 Å². The van der Waals surface area contributed by atoms with Crippen molar-refractivity contribution in [3.63, 3.8) is 0 Å². The van der Waals surface area contributed by atoms with E-state index in [-0.39, 0.29) is 6.04 Å². The topological polar surface area (TPSA) is 76.5 Å². The number of methoxy groups -OCH3 is 1. The third kappa shape index (κ3) is 4.08. The third-order valence-corrected chi connectivity index (χ3v) is 2.72. The van der Waals surface area contributed by atoms with E-state index in [1.807, 2.05) is 25.2 Å². The fourth-order valence-corrected chi connectivity index (χ4v) is 1.89.